The first-order valence-electron chi connectivity index (χ1n) is 15.1. The molecule has 1 aromatic carbocycles. The van der Waals surface area contributed by atoms with Gasteiger partial charge in [-0.05, 0) is 66.6 Å². The van der Waals surface area contributed by atoms with Gasteiger partial charge < -0.3 is 24.8 Å². The Bertz CT molecular complexity index is 1560. The molecule has 46 heavy (non-hydrogen) atoms. The average molecular weight is 663 g/mol. The number of hydrogen-bond acceptors (Lipinski definition) is 11. The highest BCUT2D eigenvalue weighted by Crippen LogP contribution is 2.38. The molecular weight excluding hydrogens is 629 g/mol. The van der Waals surface area contributed by atoms with Crippen molar-refractivity contribution in [3.05, 3.63) is 48.1 Å². The van der Waals surface area contributed by atoms with E-state index in [1.165, 1.54) is 6.33 Å². The fraction of sp³-hybridized carbons (Fsp3) is 0.517. The first kappa shape index (κ1) is 31.9. The molecule has 3 aromatic heterocycles. The number of rotatable bonds is 11. The van der Waals surface area contributed by atoms with E-state index in [4.69, 9.17) is 25.8 Å². The Labute approximate surface area is 267 Å². The van der Waals surface area contributed by atoms with E-state index < -0.39 is 12.8 Å². The molecule has 4 heterocycles. The zero-order valence-electron chi connectivity index (χ0n) is 25.0. The van der Waals surface area contributed by atoms with Gasteiger partial charge in [-0.1, -0.05) is 17.7 Å². The van der Waals surface area contributed by atoms with Gasteiger partial charge in [-0.25, -0.2) is 14.6 Å². The van der Waals surface area contributed by atoms with E-state index in [0.29, 0.717) is 35.4 Å². The molecule has 246 valence electrons. The van der Waals surface area contributed by atoms with Gasteiger partial charge in [0.25, 0.3) is 5.88 Å². The molecule has 17 heteroatoms. The van der Waals surface area contributed by atoms with Gasteiger partial charge in [0, 0.05) is 31.0 Å². The van der Waals surface area contributed by atoms with Crippen LogP contribution in [0.3, 0.4) is 0 Å². The molecule has 2 unspecified atom stereocenters. The second-order valence-corrected chi connectivity index (χ2v) is 11.8. The molecule has 1 saturated carbocycles. The van der Waals surface area contributed by atoms with Crippen molar-refractivity contribution in [2.24, 2.45) is 5.92 Å². The van der Waals surface area contributed by atoms with Crippen LogP contribution < -0.4 is 20.1 Å². The first-order chi connectivity index (χ1) is 22.2. The normalized spacial score (nSPS) is 21.1. The minimum absolute atomic E-state index is 0.0248. The summed E-state index contributed by atoms with van der Waals surface area (Å²) in [5, 5.41) is 22.3. The lowest BCUT2D eigenvalue weighted by Crippen LogP contribution is -2.43. The fourth-order valence-electron chi connectivity index (χ4n) is 5.75. The molecule has 6 rings (SSSR count). The van der Waals surface area contributed by atoms with E-state index in [-0.39, 0.29) is 35.8 Å². The van der Waals surface area contributed by atoms with Crippen LogP contribution in [0.1, 0.15) is 38.6 Å². The van der Waals surface area contributed by atoms with Crippen molar-refractivity contribution >= 4 is 23.2 Å². The molecule has 2 N–H and O–H groups in total. The molecule has 0 bridgehead atoms. The lowest BCUT2D eigenvalue weighted by Gasteiger charge is -2.35. The summed E-state index contributed by atoms with van der Waals surface area (Å²) in [4.78, 5) is 8.78. The summed E-state index contributed by atoms with van der Waals surface area (Å²) in [6.07, 6.45) is 5.30. The number of nitrogens with one attached hydrogen (secondary N) is 2. The van der Waals surface area contributed by atoms with Gasteiger partial charge in [-0.3, -0.25) is 4.68 Å². The third-order valence-electron chi connectivity index (χ3n) is 7.99. The van der Waals surface area contributed by atoms with Gasteiger partial charge in [0.1, 0.15) is 23.9 Å². The van der Waals surface area contributed by atoms with E-state index in [0.717, 1.165) is 44.3 Å². The van der Waals surface area contributed by atoms with E-state index in [1.54, 1.807) is 40.1 Å². The molecule has 0 amide bonds. The summed E-state index contributed by atoms with van der Waals surface area (Å²) in [6, 6.07) is 5.33. The SMILES string of the molecule is CC(Cn1cnnn1)Oc1cc(-c2cnc(Nc3cn([C@H]4CC[C@H](C5CNCCO5)CC4)nc3OCC(F)(F)F)nc2)ccc1Cl. The highest BCUT2D eigenvalue weighted by molar-refractivity contribution is 6.32. The molecule has 1 aliphatic heterocycles. The molecular formula is C29H34ClF3N10O3. The van der Waals surface area contributed by atoms with Crippen LogP contribution in [-0.2, 0) is 11.3 Å². The Morgan fingerprint density at radius 2 is 1.96 bits per heavy atom. The zero-order valence-corrected chi connectivity index (χ0v) is 25.8. The van der Waals surface area contributed by atoms with Crippen molar-refractivity contribution < 1.29 is 27.4 Å². The van der Waals surface area contributed by atoms with Gasteiger partial charge in [0.15, 0.2) is 6.61 Å². The lowest BCUT2D eigenvalue weighted by molar-refractivity contribution is -0.154. The van der Waals surface area contributed by atoms with E-state index >= 15 is 0 Å². The second-order valence-electron chi connectivity index (χ2n) is 11.4. The Balaban J connectivity index is 1.13. The third-order valence-corrected chi connectivity index (χ3v) is 8.31. The Hall–Kier alpha value is -4.02. The number of halogens is 4. The van der Waals surface area contributed by atoms with Crippen LogP contribution in [0.25, 0.3) is 11.1 Å². The highest BCUT2D eigenvalue weighted by Gasteiger charge is 2.32. The highest BCUT2D eigenvalue weighted by atomic mass is 35.5. The number of nitrogens with zero attached hydrogens (tertiary/aromatic N) is 8. The molecule has 0 spiro atoms. The van der Waals surface area contributed by atoms with Gasteiger partial charge in [0.05, 0.1) is 36.5 Å². The van der Waals surface area contributed by atoms with Gasteiger partial charge in [-0.15, -0.1) is 10.2 Å². The summed E-state index contributed by atoms with van der Waals surface area (Å²) in [7, 11) is 0. The fourth-order valence-corrected chi connectivity index (χ4v) is 5.91. The van der Waals surface area contributed by atoms with Crippen molar-refractivity contribution in [1.82, 2.24) is 45.3 Å². The minimum atomic E-state index is -4.52. The molecule has 13 nitrogen and oxygen atoms in total. The van der Waals surface area contributed by atoms with Crippen molar-refractivity contribution in [2.75, 3.05) is 31.6 Å². The Morgan fingerprint density at radius 3 is 2.65 bits per heavy atom. The molecule has 1 aliphatic carbocycles. The van der Waals surface area contributed by atoms with Crippen LogP contribution in [0.2, 0.25) is 5.02 Å². The number of anilines is 2. The zero-order chi connectivity index (χ0) is 32.1. The monoisotopic (exact) mass is 662 g/mol. The van der Waals surface area contributed by atoms with Crippen LogP contribution in [0.5, 0.6) is 11.6 Å². The summed E-state index contributed by atoms with van der Waals surface area (Å²) in [5.41, 5.74) is 1.68. The maximum Gasteiger partial charge on any atom is 0.422 e. The predicted molar refractivity (Wildman–Crippen MR) is 161 cm³/mol. The van der Waals surface area contributed by atoms with Gasteiger partial charge >= 0.3 is 6.18 Å². The standard InChI is InChI=1S/C29H34ClF3N10O3/c1-18(14-42-17-37-40-41-42)46-25-10-20(4-7-23(25)30)21-11-35-28(36-12-21)38-24-15-43(39-27(24)45-16-29(31,32)33)22-5-2-19(3-6-22)26-13-34-8-9-44-26/h4,7,10-12,15,17-19,22,26,34H,2-3,5-6,8-9,13-14,16H2,1H3,(H,35,36,38)/t18?,19-,22-,26?. The number of aromatic nitrogens is 8. The number of benzene rings is 1. The molecule has 0 radical (unpaired) electrons. The summed E-state index contributed by atoms with van der Waals surface area (Å²) >= 11 is 6.38. The van der Waals surface area contributed by atoms with Crippen molar-refractivity contribution in [3.63, 3.8) is 0 Å². The first-order valence-corrected chi connectivity index (χ1v) is 15.5. The summed E-state index contributed by atoms with van der Waals surface area (Å²) in [5.74, 6) is 0.917. The largest absolute Gasteiger partial charge is 0.487 e. The van der Waals surface area contributed by atoms with Gasteiger partial charge in [0.2, 0.25) is 5.95 Å². The quantitative estimate of drug-likeness (QED) is 0.228. The molecule has 2 atom stereocenters. The van der Waals surface area contributed by atoms with Crippen LogP contribution in [-0.4, -0.2) is 84.6 Å². The van der Waals surface area contributed by atoms with Crippen molar-refractivity contribution in [2.45, 2.75) is 63.6 Å². The van der Waals surface area contributed by atoms with Crippen LogP contribution in [0.4, 0.5) is 24.8 Å². The van der Waals surface area contributed by atoms with E-state index in [9.17, 15) is 13.2 Å². The number of ether oxygens (including phenoxy) is 3. The maximum atomic E-state index is 13.0. The Morgan fingerprint density at radius 1 is 1.15 bits per heavy atom. The van der Waals surface area contributed by atoms with Crippen LogP contribution in [0.15, 0.2) is 43.1 Å². The lowest BCUT2D eigenvalue weighted by atomic mass is 9.82. The minimum Gasteiger partial charge on any atom is -0.487 e. The molecule has 2 aliphatic rings. The third kappa shape index (κ3) is 8.22. The van der Waals surface area contributed by atoms with Crippen LogP contribution in [0, 0.1) is 5.92 Å². The number of hydrogen-bond donors (Lipinski definition) is 2. The predicted octanol–water partition coefficient (Wildman–Crippen LogP) is 4.85. The van der Waals surface area contributed by atoms with E-state index in [2.05, 4.69) is 41.2 Å². The Kier molecular flexibility index (Phi) is 9.84. The van der Waals surface area contributed by atoms with E-state index in [1.807, 2.05) is 13.0 Å². The molecule has 1 saturated heterocycles. The summed E-state index contributed by atoms with van der Waals surface area (Å²) < 4.78 is 59.4. The van der Waals surface area contributed by atoms with Gasteiger partial charge in [-0.2, -0.15) is 13.2 Å². The number of morpholine rings is 1. The summed E-state index contributed by atoms with van der Waals surface area (Å²) in [6.45, 7) is 3.25. The number of tetrazole rings is 1. The smallest absolute Gasteiger partial charge is 0.422 e. The molecule has 4 aromatic rings. The maximum absolute atomic E-state index is 13.0. The molecule has 2 fully saturated rings. The van der Waals surface area contributed by atoms with Crippen molar-refractivity contribution in [1.29, 1.82) is 0 Å². The number of alkyl halides is 3. The topological polar surface area (TPSA) is 139 Å². The van der Waals surface area contributed by atoms with Crippen molar-refractivity contribution in [3.8, 4) is 22.8 Å². The van der Waals surface area contributed by atoms with Crippen LogP contribution >= 0.6 is 11.6 Å². The second kappa shape index (κ2) is 14.2. The average Bonchev–Trinajstić information content (AvgIpc) is 3.72.